The lowest BCUT2D eigenvalue weighted by Crippen LogP contribution is -2.70. The summed E-state index contributed by atoms with van der Waals surface area (Å²) in [5.74, 6) is -39.5. The minimum absolute atomic E-state index is 0.0450. The number of carbonyl (C=O) groups excluding carboxylic acids is 2. The molecule has 48 heavy (non-hydrogen) atoms. The molecule has 0 saturated heterocycles. The second-order valence-corrected chi connectivity index (χ2v) is 10.0. The maximum absolute atomic E-state index is 13.4. The number of hydrogen-bond acceptors (Lipinski definition) is 8. The first kappa shape index (κ1) is 48.0. The molecule has 0 bridgehead atoms. The van der Waals surface area contributed by atoms with Gasteiger partial charge in [-0.2, -0.15) is 57.1 Å². The van der Waals surface area contributed by atoms with Crippen molar-refractivity contribution in [1.82, 2.24) is 0 Å². The third-order valence-corrected chi connectivity index (χ3v) is 6.34. The Morgan fingerprint density at radius 1 is 0.500 bits per heavy atom. The second kappa shape index (κ2) is 21.2. The highest BCUT2D eigenvalue weighted by molar-refractivity contribution is 5.72. The summed E-state index contributed by atoms with van der Waals surface area (Å²) in [7, 11) is 1.64. The van der Waals surface area contributed by atoms with Crippen molar-refractivity contribution in [2.45, 2.75) is 82.7 Å². The molecule has 2 unspecified atom stereocenters. The molecule has 0 saturated carbocycles. The number of hydrogen-bond donors (Lipinski definition) is 0. The summed E-state index contributed by atoms with van der Waals surface area (Å²) >= 11 is 0. The van der Waals surface area contributed by atoms with E-state index < -0.39 is 60.7 Å². The average molecular weight is 741 g/mol. The fourth-order valence-electron chi connectivity index (χ4n) is 2.74. The molecule has 0 aromatic heterocycles. The Morgan fingerprint density at radius 3 is 1.19 bits per heavy atom. The highest BCUT2D eigenvalue weighted by Crippen LogP contribution is 2.60. The minimum Gasteiger partial charge on any atom is -0.465 e. The maximum Gasteiger partial charge on any atom is 0.460 e. The van der Waals surface area contributed by atoms with Crippen molar-refractivity contribution in [3.63, 3.8) is 0 Å². The Balaban J connectivity index is 0. The van der Waals surface area contributed by atoms with E-state index in [1.54, 1.807) is 7.11 Å². The van der Waals surface area contributed by atoms with Crippen LogP contribution < -0.4 is 0 Å². The van der Waals surface area contributed by atoms with Gasteiger partial charge in [0.1, 0.15) is 6.61 Å². The van der Waals surface area contributed by atoms with Gasteiger partial charge in [0.2, 0.25) is 0 Å². The van der Waals surface area contributed by atoms with Gasteiger partial charge in [-0.1, -0.05) is 27.7 Å². The number of ether oxygens (including phenoxy) is 6. The van der Waals surface area contributed by atoms with Crippen LogP contribution in [0.5, 0.6) is 0 Å². The smallest absolute Gasteiger partial charge is 0.460 e. The molecule has 0 rings (SSSR count). The number of methoxy groups -OCH3 is 1. The molecule has 0 aliphatic carbocycles. The van der Waals surface area contributed by atoms with Crippen molar-refractivity contribution >= 4 is 11.9 Å². The summed E-state index contributed by atoms with van der Waals surface area (Å²) in [5.41, 5.74) is 0. The average Bonchev–Trinajstić information content (AvgIpc) is 2.99. The first-order valence-corrected chi connectivity index (χ1v) is 14.3. The van der Waals surface area contributed by atoms with E-state index in [9.17, 15) is 66.7 Å². The van der Waals surface area contributed by atoms with Crippen LogP contribution in [-0.2, 0) is 38.0 Å². The molecule has 0 aliphatic heterocycles. The van der Waals surface area contributed by atoms with E-state index in [0.717, 1.165) is 6.42 Å². The SMILES string of the molecule is CCC(C)C(=O)OCCC(F)(F)C(F)(F)C(F)(F)C(F)(F)C(F)(F)C(F)(F)F.CCC(C)C(=O)OCCOCCOCCOCCOC. The Labute approximate surface area is 268 Å². The van der Waals surface area contributed by atoms with Crippen LogP contribution in [-0.4, -0.2) is 114 Å². The van der Waals surface area contributed by atoms with E-state index in [2.05, 4.69) is 4.74 Å². The molecule has 2 atom stereocenters. The maximum atomic E-state index is 13.4. The highest BCUT2D eigenvalue weighted by atomic mass is 19.4. The quantitative estimate of drug-likeness (QED) is 0.0631. The number of halogens is 13. The third kappa shape index (κ3) is 14.0. The Bertz CT molecular complexity index is 919. The van der Waals surface area contributed by atoms with Crippen LogP contribution in [0.3, 0.4) is 0 Å². The summed E-state index contributed by atoms with van der Waals surface area (Å²) < 4.78 is 196. The van der Waals surface area contributed by atoms with E-state index in [-0.39, 0.29) is 18.3 Å². The summed E-state index contributed by atoms with van der Waals surface area (Å²) in [4.78, 5) is 22.5. The lowest BCUT2D eigenvalue weighted by molar-refractivity contribution is -0.440. The number of rotatable bonds is 23. The fourth-order valence-corrected chi connectivity index (χ4v) is 2.74. The summed E-state index contributed by atoms with van der Waals surface area (Å²) in [6.45, 7) is 8.65. The van der Waals surface area contributed by atoms with Gasteiger partial charge in [0, 0.05) is 7.11 Å². The van der Waals surface area contributed by atoms with Crippen molar-refractivity contribution in [2.75, 3.05) is 66.6 Å². The Hall–Kier alpha value is -2.13. The Kier molecular flexibility index (Phi) is 21.2. The van der Waals surface area contributed by atoms with Crippen molar-refractivity contribution in [1.29, 1.82) is 0 Å². The van der Waals surface area contributed by atoms with Gasteiger partial charge in [-0.15, -0.1) is 0 Å². The molecule has 0 aromatic carbocycles. The van der Waals surface area contributed by atoms with Gasteiger partial charge in [0.25, 0.3) is 0 Å². The molecule has 0 spiro atoms. The molecule has 0 fully saturated rings. The number of alkyl halides is 13. The van der Waals surface area contributed by atoms with Crippen molar-refractivity contribution in [3.05, 3.63) is 0 Å². The van der Waals surface area contributed by atoms with Crippen molar-refractivity contribution in [3.8, 4) is 0 Å². The van der Waals surface area contributed by atoms with Crippen LogP contribution in [0, 0.1) is 11.8 Å². The van der Waals surface area contributed by atoms with Gasteiger partial charge in [0.15, 0.2) is 0 Å². The number of carbonyl (C=O) groups is 2. The highest BCUT2D eigenvalue weighted by Gasteiger charge is 2.90. The zero-order valence-electron chi connectivity index (χ0n) is 26.8. The van der Waals surface area contributed by atoms with Crippen LogP contribution in [0.1, 0.15) is 47.0 Å². The van der Waals surface area contributed by atoms with Gasteiger partial charge in [-0.3, -0.25) is 9.59 Å². The monoisotopic (exact) mass is 740 g/mol. The van der Waals surface area contributed by atoms with Crippen molar-refractivity contribution in [2.24, 2.45) is 11.8 Å². The largest absolute Gasteiger partial charge is 0.465 e. The van der Waals surface area contributed by atoms with Gasteiger partial charge >= 0.3 is 47.7 Å². The van der Waals surface area contributed by atoms with Crippen molar-refractivity contribution < 1.29 is 95.1 Å². The van der Waals surface area contributed by atoms with E-state index in [4.69, 9.17) is 23.7 Å². The van der Waals surface area contributed by atoms with Gasteiger partial charge in [-0.05, 0) is 12.8 Å². The molecular formula is C27H41F13O8. The van der Waals surface area contributed by atoms with E-state index in [1.807, 2.05) is 13.8 Å². The van der Waals surface area contributed by atoms with Gasteiger partial charge in [0.05, 0.1) is 71.1 Å². The van der Waals surface area contributed by atoms with Gasteiger partial charge < -0.3 is 28.4 Å². The molecule has 288 valence electrons. The summed E-state index contributed by atoms with van der Waals surface area (Å²) in [6, 6.07) is 0. The molecule has 0 aromatic rings. The van der Waals surface area contributed by atoms with Crippen LogP contribution in [0.25, 0.3) is 0 Å². The molecule has 0 radical (unpaired) electrons. The van der Waals surface area contributed by atoms with Gasteiger partial charge in [-0.25, -0.2) is 0 Å². The lowest BCUT2D eigenvalue weighted by atomic mass is 9.93. The molecule has 21 heteroatoms. The minimum atomic E-state index is -7.93. The first-order chi connectivity index (χ1) is 21.8. The third-order valence-electron chi connectivity index (χ3n) is 6.34. The summed E-state index contributed by atoms with van der Waals surface area (Å²) in [5, 5.41) is 0. The lowest BCUT2D eigenvalue weighted by Gasteiger charge is -2.39. The van der Waals surface area contributed by atoms with E-state index >= 15 is 0 Å². The van der Waals surface area contributed by atoms with Crippen LogP contribution in [0.4, 0.5) is 57.1 Å². The molecule has 0 aliphatic rings. The molecule has 8 nitrogen and oxygen atoms in total. The standard InChI is InChI=1S/C14H28O6.C13H13F13O2/c1-4-13(2)14(15)20-12-11-19-10-9-18-8-7-17-6-5-16-3;1-3-6(2)7(27)28-5-4-8(14,15)9(16,17)10(18,19)11(20,21)12(22,23)13(24,25)26/h13H,4-12H2,1-3H3;6H,3-5H2,1-2H3. The topological polar surface area (TPSA) is 89.5 Å². The zero-order valence-corrected chi connectivity index (χ0v) is 26.8. The van der Waals surface area contributed by atoms with E-state index in [0.29, 0.717) is 52.9 Å². The number of esters is 2. The Morgan fingerprint density at radius 2 is 0.833 bits per heavy atom. The molecule has 0 heterocycles. The first-order valence-electron chi connectivity index (χ1n) is 14.3. The predicted molar refractivity (Wildman–Crippen MR) is 141 cm³/mol. The molecule has 0 N–H and O–H groups in total. The van der Waals surface area contributed by atoms with Crippen LogP contribution in [0.15, 0.2) is 0 Å². The normalized spacial score (nSPS) is 14.5. The zero-order chi connectivity index (χ0) is 38.0. The van der Waals surface area contributed by atoms with E-state index in [1.165, 1.54) is 13.8 Å². The predicted octanol–water partition coefficient (Wildman–Crippen LogP) is 6.98. The molecular weight excluding hydrogens is 699 g/mol. The van der Waals surface area contributed by atoms with Crippen LogP contribution >= 0.6 is 0 Å². The summed E-state index contributed by atoms with van der Waals surface area (Å²) in [6.07, 6.45) is -9.12. The fraction of sp³-hybridized carbons (Fsp3) is 0.926. The van der Waals surface area contributed by atoms with Crippen LogP contribution in [0.2, 0.25) is 0 Å². The molecule has 0 amide bonds. The second-order valence-electron chi connectivity index (χ2n) is 10.0.